The molecule has 4 rings (SSSR count). The molecule has 1 aromatic heterocycles. The lowest BCUT2D eigenvalue weighted by Crippen LogP contribution is -2.31. The molecule has 1 aliphatic heterocycles. The van der Waals surface area contributed by atoms with Gasteiger partial charge in [-0.2, -0.15) is 0 Å². The number of fused-ring (bicyclic) bond motifs is 2. The molecule has 2 heterocycles. The third kappa shape index (κ3) is 2.26. The number of aromatic nitrogens is 2. The van der Waals surface area contributed by atoms with Crippen molar-refractivity contribution < 1.29 is 9.53 Å². The van der Waals surface area contributed by atoms with Crippen molar-refractivity contribution in [1.29, 1.82) is 0 Å². The number of likely N-dealkylation sites (tertiary alicyclic amines) is 1. The molecule has 110 valence electrons. The fraction of sp³-hybridized carbons (Fsp3) is 0.500. The molecule has 0 bridgehead atoms. The van der Waals surface area contributed by atoms with E-state index in [0.29, 0.717) is 17.7 Å². The number of rotatable bonds is 1. The molecule has 2 aliphatic rings. The third-order valence-corrected chi connectivity index (χ3v) is 4.85. The maximum Gasteiger partial charge on any atom is 0.416 e. The van der Waals surface area contributed by atoms with Gasteiger partial charge in [-0.25, -0.2) is 4.79 Å². The van der Waals surface area contributed by atoms with Crippen LogP contribution in [0, 0.1) is 11.8 Å². The second-order valence-corrected chi connectivity index (χ2v) is 6.15. The van der Waals surface area contributed by atoms with Crippen LogP contribution in [0.25, 0.3) is 10.9 Å². The van der Waals surface area contributed by atoms with E-state index in [0.717, 1.165) is 24.0 Å². The average molecular weight is 285 g/mol. The number of amides is 1. The second-order valence-electron chi connectivity index (χ2n) is 6.15. The van der Waals surface area contributed by atoms with Gasteiger partial charge in [-0.15, -0.1) is 5.10 Å². The number of nitrogens with zero attached hydrogens (tertiary/aromatic N) is 2. The number of nitrogens with one attached hydrogen (secondary N) is 1. The van der Waals surface area contributed by atoms with Gasteiger partial charge in [0, 0.05) is 13.1 Å². The lowest BCUT2D eigenvalue weighted by Gasteiger charge is -2.22. The van der Waals surface area contributed by atoms with Gasteiger partial charge in [-0.3, -0.25) is 5.10 Å². The van der Waals surface area contributed by atoms with Gasteiger partial charge in [0.1, 0.15) is 0 Å². The normalized spacial score (nSPS) is 25.0. The number of carbonyl (C=O) groups excluding carboxylic acids is 1. The molecule has 1 N–H and O–H groups in total. The van der Waals surface area contributed by atoms with E-state index in [2.05, 4.69) is 10.2 Å². The maximum atomic E-state index is 12.3. The van der Waals surface area contributed by atoms with Crippen molar-refractivity contribution in [3.05, 3.63) is 24.3 Å². The molecule has 1 saturated carbocycles. The predicted molar refractivity (Wildman–Crippen MR) is 79.1 cm³/mol. The fourth-order valence-corrected chi connectivity index (χ4v) is 3.72. The first-order valence-electron chi connectivity index (χ1n) is 7.71. The Morgan fingerprint density at radius 1 is 1.19 bits per heavy atom. The molecular formula is C16H19N3O2. The van der Waals surface area contributed by atoms with Gasteiger partial charge in [0.25, 0.3) is 5.88 Å². The summed E-state index contributed by atoms with van der Waals surface area (Å²) in [5.41, 5.74) is 0.885. The van der Waals surface area contributed by atoms with E-state index in [1.165, 1.54) is 25.7 Å². The summed E-state index contributed by atoms with van der Waals surface area (Å²) in [6, 6.07) is 7.67. The SMILES string of the molecule is O=C(Oc1n[nH]c2ccccc12)N1CC2CCCCC2C1. The van der Waals surface area contributed by atoms with Crippen LogP contribution in [0.1, 0.15) is 25.7 Å². The fourth-order valence-electron chi connectivity index (χ4n) is 3.72. The van der Waals surface area contributed by atoms with Gasteiger partial charge in [-0.1, -0.05) is 25.0 Å². The van der Waals surface area contributed by atoms with Gasteiger partial charge in [0.2, 0.25) is 0 Å². The second kappa shape index (κ2) is 5.06. The van der Waals surface area contributed by atoms with Crippen LogP contribution in [0.15, 0.2) is 24.3 Å². The average Bonchev–Trinajstić information content (AvgIpc) is 3.11. The minimum Gasteiger partial charge on any atom is -0.389 e. The molecule has 5 heteroatoms. The highest BCUT2D eigenvalue weighted by Crippen LogP contribution is 2.36. The van der Waals surface area contributed by atoms with E-state index in [4.69, 9.17) is 4.74 Å². The molecule has 2 unspecified atom stereocenters. The van der Waals surface area contributed by atoms with Gasteiger partial charge in [0.05, 0.1) is 10.9 Å². The highest BCUT2D eigenvalue weighted by molar-refractivity contribution is 5.86. The van der Waals surface area contributed by atoms with Crippen molar-refractivity contribution in [2.75, 3.05) is 13.1 Å². The predicted octanol–water partition coefficient (Wildman–Crippen LogP) is 3.18. The number of carbonyl (C=O) groups is 1. The van der Waals surface area contributed by atoms with E-state index in [1.807, 2.05) is 29.2 Å². The molecule has 0 radical (unpaired) electrons. The molecule has 1 aromatic carbocycles. The van der Waals surface area contributed by atoms with E-state index in [-0.39, 0.29) is 6.09 Å². The Balaban J connectivity index is 1.48. The number of para-hydroxylation sites is 1. The molecule has 2 atom stereocenters. The Hall–Kier alpha value is -2.04. The highest BCUT2D eigenvalue weighted by atomic mass is 16.6. The summed E-state index contributed by atoms with van der Waals surface area (Å²) in [6.07, 6.45) is 4.84. The summed E-state index contributed by atoms with van der Waals surface area (Å²) in [7, 11) is 0. The minimum absolute atomic E-state index is 0.262. The smallest absolute Gasteiger partial charge is 0.389 e. The zero-order chi connectivity index (χ0) is 14.2. The minimum atomic E-state index is -0.262. The Morgan fingerprint density at radius 2 is 1.90 bits per heavy atom. The molecule has 0 spiro atoms. The maximum absolute atomic E-state index is 12.3. The zero-order valence-corrected chi connectivity index (χ0v) is 11.9. The molecule has 2 aromatic rings. The summed E-state index contributed by atoms with van der Waals surface area (Å²) in [6.45, 7) is 1.68. The number of benzene rings is 1. The lowest BCUT2D eigenvalue weighted by molar-refractivity contribution is 0.159. The first kappa shape index (κ1) is 12.7. The van der Waals surface area contributed by atoms with Crippen LogP contribution in [0.5, 0.6) is 5.88 Å². The topological polar surface area (TPSA) is 58.2 Å². The monoisotopic (exact) mass is 285 g/mol. The van der Waals surface area contributed by atoms with Crippen LogP contribution in [-0.4, -0.2) is 34.3 Å². The molecule has 1 aliphatic carbocycles. The van der Waals surface area contributed by atoms with Crippen LogP contribution in [0.3, 0.4) is 0 Å². The molecule has 1 amide bonds. The summed E-state index contributed by atoms with van der Waals surface area (Å²) >= 11 is 0. The quantitative estimate of drug-likeness (QED) is 0.875. The Bertz CT molecular complexity index is 652. The van der Waals surface area contributed by atoms with Crippen molar-refractivity contribution in [1.82, 2.24) is 15.1 Å². The van der Waals surface area contributed by atoms with E-state index >= 15 is 0 Å². The first-order chi connectivity index (χ1) is 10.3. The zero-order valence-electron chi connectivity index (χ0n) is 11.9. The van der Waals surface area contributed by atoms with E-state index in [1.54, 1.807) is 0 Å². The van der Waals surface area contributed by atoms with E-state index in [9.17, 15) is 4.79 Å². The van der Waals surface area contributed by atoms with Crippen molar-refractivity contribution in [3.8, 4) is 5.88 Å². The number of aromatic amines is 1. The highest BCUT2D eigenvalue weighted by Gasteiger charge is 2.37. The standard InChI is InChI=1S/C16H19N3O2/c20-16(19-9-11-5-1-2-6-12(11)10-19)21-15-13-7-3-4-8-14(13)17-18-15/h3-4,7-8,11-12H,1-2,5-6,9-10H2,(H,17,18). The molecule has 21 heavy (non-hydrogen) atoms. The van der Waals surface area contributed by atoms with Crippen molar-refractivity contribution >= 4 is 17.0 Å². The number of hydrogen-bond donors (Lipinski definition) is 1. The summed E-state index contributed by atoms with van der Waals surface area (Å²) in [5, 5.41) is 7.84. The van der Waals surface area contributed by atoms with Crippen LogP contribution < -0.4 is 4.74 Å². The third-order valence-electron chi connectivity index (χ3n) is 4.85. The van der Waals surface area contributed by atoms with E-state index < -0.39 is 0 Å². The van der Waals surface area contributed by atoms with Gasteiger partial charge in [-0.05, 0) is 36.8 Å². The van der Waals surface area contributed by atoms with Crippen molar-refractivity contribution in [2.45, 2.75) is 25.7 Å². The molecular weight excluding hydrogens is 266 g/mol. The Kier molecular flexibility index (Phi) is 3.05. The summed E-state index contributed by atoms with van der Waals surface area (Å²) in [4.78, 5) is 14.2. The van der Waals surface area contributed by atoms with Gasteiger partial charge < -0.3 is 9.64 Å². The molecule has 1 saturated heterocycles. The molecule has 5 nitrogen and oxygen atoms in total. The first-order valence-corrected chi connectivity index (χ1v) is 7.71. The van der Waals surface area contributed by atoms with Crippen LogP contribution in [0.4, 0.5) is 4.79 Å². The number of ether oxygens (including phenoxy) is 1. The number of H-pyrrole nitrogens is 1. The largest absolute Gasteiger partial charge is 0.416 e. The summed E-state index contributed by atoms with van der Waals surface area (Å²) in [5.74, 6) is 1.72. The van der Waals surface area contributed by atoms with Crippen LogP contribution in [-0.2, 0) is 0 Å². The van der Waals surface area contributed by atoms with Crippen molar-refractivity contribution in [3.63, 3.8) is 0 Å². The lowest BCUT2D eigenvalue weighted by atomic mass is 9.82. The van der Waals surface area contributed by atoms with Crippen LogP contribution in [0.2, 0.25) is 0 Å². The Morgan fingerprint density at radius 3 is 2.67 bits per heavy atom. The number of hydrogen-bond acceptors (Lipinski definition) is 3. The Labute approximate surface area is 123 Å². The summed E-state index contributed by atoms with van der Waals surface area (Å²) < 4.78 is 5.50. The van der Waals surface area contributed by atoms with Crippen molar-refractivity contribution in [2.24, 2.45) is 11.8 Å². The van der Waals surface area contributed by atoms with Crippen LogP contribution >= 0.6 is 0 Å². The molecule has 2 fully saturated rings. The van der Waals surface area contributed by atoms with Gasteiger partial charge in [0.15, 0.2) is 0 Å². The van der Waals surface area contributed by atoms with Gasteiger partial charge >= 0.3 is 6.09 Å².